The van der Waals surface area contributed by atoms with E-state index in [9.17, 15) is 0 Å². The van der Waals surface area contributed by atoms with Gasteiger partial charge in [-0.1, -0.05) is 17.7 Å². The summed E-state index contributed by atoms with van der Waals surface area (Å²) in [6, 6.07) is 4.42. The van der Waals surface area contributed by atoms with Gasteiger partial charge in [0.2, 0.25) is 5.95 Å². The van der Waals surface area contributed by atoms with Gasteiger partial charge in [0.25, 0.3) is 0 Å². The summed E-state index contributed by atoms with van der Waals surface area (Å²) in [5.41, 5.74) is 10.1. The molecule has 2 rings (SSSR count). The fourth-order valence-corrected chi connectivity index (χ4v) is 2.11. The van der Waals surface area contributed by atoms with E-state index >= 15 is 0 Å². The van der Waals surface area contributed by atoms with Crippen LogP contribution in [0, 0.1) is 20.8 Å². The predicted molar refractivity (Wildman–Crippen MR) is 70.4 cm³/mol. The molecule has 0 aliphatic rings. The lowest BCUT2D eigenvalue weighted by Crippen LogP contribution is -2.04. The first-order chi connectivity index (χ1) is 8.51. The lowest BCUT2D eigenvalue weighted by molar-refractivity contribution is 0.379. The molecule has 0 unspecified atom stereocenters. The minimum atomic E-state index is 0.163. The summed E-state index contributed by atoms with van der Waals surface area (Å²) in [4.78, 5) is 12.3. The summed E-state index contributed by atoms with van der Waals surface area (Å²) in [5, 5.41) is 0. The fraction of sp³-hybridized carbons (Fsp3) is 0.308. The molecule has 94 valence electrons. The van der Waals surface area contributed by atoms with Crippen LogP contribution >= 0.6 is 0 Å². The molecule has 0 atom stereocenters. The number of rotatable bonds is 2. The zero-order valence-electron chi connectivity index (χ0n) is 11.0. The molecule has 0 fully saturated rings. The monoisotopic (exact) mass is 244 g/mol. The Morgan fingerprint density at radius 3 is 2.17 bits per heavy atom. The van der Waals surface area contributed by atoms with E-state index in [0.29, 0.717) is 5.82 Å². The van der Waals surface area contributed by atoms with E-state index < -0.39 is 0 Å². The average molecular weight is 244 g/mol. The van der Waals surface area contributed by atoms with Crippen LogP contribution in [-0.4, -0.2) is 22.1 Å². The molecule has 0 amide bonds. The van der Waals surface area contributed by atoms with Crippen molar-refractivity contribution in [3.63, 3.8) is 0 Å². The van der Waals surface area contributed by atoms with E-state index in [-0.39, 0.29) is 12.0 Å². The zero-order valence-corrected chi connectivity index (χ0v) is 11.0. The summed E-state index contributed by atoms with van der Waals surface area (Å²) in [5.74, 6) is 0.713. The number of methoxy groups -OCH3 is 1. The Labute approximate surface area is 106 Å². The number of nitrogens with zero attached hydrogens (tertiary/aromatic N) is 3. The Hall–Kier alpha value is -2.17. The number of nitrogens with two attached hydrogens (primary N) is 1. The van der Waals surface area contributed by atoms with Crippen molar-refractivity contribution in [3.05, 3.63) is 28.8 Å². The second-order valence-corrected chi connectivity index (χ2v) is 4.28. The molecule has 5 heteroatoms. The van der Waals surface area contributed by atoms with Crippen molar-refractivity contribution in [3.8, 4) is 17.4 Å². The molecule has 0 aliphatic carbocycles. The van der Waals surface area contributed by atoms with Crippen LogP contribution in [0.2, 0.25) is 0 Å². The van der Waals surface area contributed by atoms with Crippen LogP contribution in [0.15, 0.2) is 12.1 Å². The third-order valence-corrected chi connectivity index (χ3v) is 2.72. The number of ether oxygens (including phenoxy) is 1. The van der Waals surface area contributed by atoms with Crippen LogP contribution in [-0.2, 0) is 0 Å². The Morgan fingerprint density at radius 2 is 1.61 bits per heavy atom. The van der Waals surface area contributed by atoms with Crippen molar-refractivity contribution in [2.24, 2.45) is 0 Å². The van der Waals surface area contributed by atoms with Gasteiger partial charge in [-0.3, -0.25) is 0 Å². The van der Waals surface area contributed by atoms with Crippen LogP contribution in [0.4, 0.5) is 5.95 Å². The maximum atomic E-state index is 5.66. The maximum Gasteiger partial charge on any atom is 0.321 e. The van der Waals surface area contributed by atoms with Gasteiger partial charge in [0.1, 0.15) is 0 Å². The van der Waals surface area contributed by atoms with Gasteiger partial charge in [0.15, 0.2) is 5.82 Å². The fourth-order valence-electron chi connectivity index (χ4n) is 2.11. The standard InChI is InChI=1S/C13H16N4O/c1-7-5-8(2)10(9(3)6-7)11-15-12(14)17-13(16-11)18-4/h5-6H,1-4H3,(H2,14,15,16,17). The van der Waals surface area contributed by atoms with Gasteiger partial charge in [-0.15, -0.1) is 0 Å². The van der Waals surface area contributed by atoms with Crippen LogP contribution in [0.5, 0.6) is 6.01 Å². The Morgan fingerprint density at radius 1 is 1.00 bits per heavy atom. The second-order valence-electron chi connectivity index (χ2n) is 4.28. The molecule has 1 heterocycles. The summed E-state index contributed by atoms with van der Waals surface area (Å²) in [6.07, 6.45) is 0. The van der Waals surface area contributed by atoms with Gasteiger partial charge >= 0.3 is 6.01 Å². The van der Waals surface area contributed by atoms with Crippen molar-refractivity contribution in [1.82, 2.24) is 15.0 Å². The van der Waals surface area contributed by atoms with Crippen molar-refractivity contribution in [2.75, 3.05) is 12.8 Å². The third-order valence-electron chi connectivity index (χ3n) is 2.72. The minimum Gasteiger partial charge on any atom is -0.467 e. The number of nitrogen functional groups attached to an aromatic ring is 1. The number of hydrogen-bond donors (Lipinski definition) is 1. The zero-order chi connectivity index (χ0) is 13.3. The highest BCUT2D eigenvalue weighted by molar-refractivity contribution is 5.66. The SMILES string of the molecule is COc1nc(N)nc(-c2c(C)cc(C)cc2C)n1. The van der Waals surface area contributed by atoms with Gasteiger partial charge in [-0.25, -0.2) is 0 Å². The molecule has 2 aromatic rings. The number of hydrogen-bond acceptors (Lipinski definition) is 5. The predicted octanol–water partition coefficient (Wildman–Crippen LogP) is 2.05. The number of aromatic nitrogens is 3. The molecule has 5 nitrogen and oxygen atoms in total. The molecular weight excluding hydrogens is 228 g/mol. The quantitative estimate of drug-likeness (QED) is 0.875. The van der Waals surface area contributed by atoms with Gasteiger partial charge in [-0.05, 0) is 31.9 Å². The minimum absolute atomic E-state index is 0.163. The van der Waals surface area contributed by atoms with Crippen LogP contribution in [0.1, 0.15) is 16.7 Å². The normalized spacial score (nSPS) is 10.4. The molecule has 2 N–H and O–H groups in total. The summed E-state index contributed by atoms with van der Waals surface area (Å²) >= 11 is 0. The van der Waals surface area contributed by atoms with Gasteiger partial charge < -0.3 is 10.5 Å². The van der Waals surface area contributed by atoms with Gasteiger partial charge in [0, 0.05) is 5.56 Å². The molecular formula is C13H16N4O. The number of anilines is 1. The van der Waals surface area contributed by atoms with Crippen molar-refractivity contribution in [1.29, 1.82) is 0 Å². The van der Waals surface area contributed by atoms with Crippen LogP contribution < -0.4 is 10.5 Å². The molecule has 0 saturated carbocycles. The largest absolute Gasteiger partial charge is 0.467 e. The Kier molecular flexibility index (Phi) is 3.14. The van der Waals surface area contributed by atoms with Gasteiger partial charge in [-0.2, -0.15) is 15.0 Å². The third kappa shape index (κ3) is 2.25. The topological polar surface area (TPSA) is 73.9 Å². The maximum absolute atomic E-state index is 5.66. The van der Waals surface area contributed by atoms with Crippen LogP contribution in [0.3, 0.4) is 0 Å². The lowest BCUT2D eigenvalue weighted by Gasteiger charge is -2.10. The summed E-state index contributed by atoms with van der Waals surface area (Å²) < 4.78 is 5.02. The van der Waals surface area contributed by atoms with Crippen molar-refractivity contribution >= 4 is 5.95 Å². The van der Waals surface area contributed by atoms with E-state index in [2.05, 4.69) is 34.0 Å². The summed E-state index contributed by atoms with van der Waals surface area (Å²) in [6.45, 7) is 6.12. The van der Waals surface area contributed by atoms with E-state index in [1.54, 1.807) is 0 Å². The molecule has 18 heavy (non-hydrogen) atoms. The summed E-state index contributed by atoms with van der Waals surface area (Å²) in [7, 11) is 1.51. The van der Waals surface area contributed by atoms with Crippen molar-refractivity contribution < 1.29 is 4.74 Å². The smallest absolute Gasteiger partial charge is 0.321 e. The highest BCUT2D eigenvalue weighted by Crippen LogP contribution is 2.26. The Balaban J connectivity index is 2.65. The first kappa shape index (κ1) is 12.3. The van der Waals surface area contributed by atoms with E-state index in [0.717, 1.165) is 16.7 Å². The molecule has 0 bridgehead atoms. The lowest BCUT2D eigenvalue weighted by atomic mass is 9.99. The second kappa shape index (κ2) is 4.60. The highest BCUT2D eigenvalue weighted by Gasteiger charge is 2.12. The number of aryl methyl sites for hydroxylation is 3. The molecule has 1 aromatic carbocycles. The van der Waals surface area contributed by atoms with E-state index in [1.807, 2.05) is 13.8 Å². The molecule has 0 spiro atoms. The number of benzene rings is 1. The molecule has 0 saturated heterocycles. The first-order valence-corrected chi connectivity index (χ1v) is 5.65. The van der Waals surface area contributed by atoms with Gasteiger partial charge in [0.05, 0.1) is 7.11 Å². The van der Waals surface area contributed by atoms with E-state index in [4.69, 9.17) is 10.5 Å². The van der Waals surface area contributed by atoms with Crippen LogP contribution in [0.25, 0.3) is 11.4 Å². The van der Waals surface area contributed by atoms with E-state index in [1.165, 1.54) is 12.7 Å². The molecule has 1 aromatic heterocycles. The molecule has 0 aliphatic heterocycles. The Bertz CT molecular complexity index is 573. The average Bonchev–Trinajstić information content (AvgIpc) is 2.26. The van der Waals surface area contributed by atoms with Crippen molar-refractivity contribution in [2.45, 2.75) is 20.8 Å². The molecule has 0 radical (unpaired) electrons. The highest BCUT2D eigenvalue weighted by atomic mass is 16.5. The first-order valence-electron chi connectivity index (χ1n) is 5.65.